The molecule has 9 nitrogen and oxygen atoms in total. The average molecular weight is 588 g/mol. The van der Waals surface area contributed by atoms with Gasteiger partial charge >= 0.3 is 12.2 Å². The second kappa shape index (κ2) is 10.9. The zero-order valence-corrected chi connectivity index (χ0v) is 21.8. The maximum absolute atomic E-state index is 13.1. The fourth-order valence-electron chi connectivity index (χ4n) is 4.26. The second-order valence-electron chi connectivity index (χ2n) is 9.11. The molecule has 3 heterocycles. The van der Waals surface area contributed by atoms with E-state index in [2.05, 4.69) is 15.6 Å². The molecule has 41 heavy (non-hydrogen) atoms. The Balaban J connectivity index is 1.18. The molecule has 1 fully saturated rings. The summed E-state index contributed by atoms with van der Waals surface area (Å²) in [4.78, 5) is 16.8. The molecule has 0 radical (unpaired) electrons. The summed E-state index contributed by atoms with van der Waals surface area (Å²) >= 11 is 5.63. The van der Waals surface area contributed by atoms with E-state index in [1.807, 2.05) is 0 Å². The van der Waals surface area contributed by atoms with Gasteiger partial charge in [0.05, 0.1) is 34.7 Å². The molecule has 0 saturated carbocycles. The summed E-state index contributed by atoms with van der Waals surface area (Å²) in [5, 5.41) is 5.09. The monoisotopic (exact) mass is 587 g/mol. The highest BCUT2D eigenvalue weighted by Crippen LogP contribution is 2.49. The molecule has 3 aromatic carbocycles. The van der Waals surface area contributed by atoms with Crippen LogP contribution < -0.4 is 29.6 Å². The Morgan fingerprint density at radius 1 is 0.927 bits per heavy atom. The number of ether oxygens (including phenoxy) is 5. The van der Waals surface area contributed by atoms with Gasteiger partial charge in [0.1, 0.15) is 30.8 Å². The topological polar surface area (TPSA) is 100 Å². The molecule has 2 amide bonds. The van der Waals surface area contributed by atoms with Gasteiger partial charge in [-0.05, 0) is 48.5 Å². The van der Waals surface area contributed by atoms with Gasteiger partial charge in [-0.3, -0.25) is 4.98 Å². The van der Waals surface area contributed by atoms with Crippen molar-refractivity contribution in [1.29, 1.82) is 0 Å². The maximum atomic E-state index is 13.1. The zero-order chi connectivity index (χ0) is 28.6. The van der Waals surface area contributed by atoms with Gasteiger partial charge in [0.2, 0.25) is 5.75 Å². The minimum Gasteiger partial charge on any atom is -0.485 e. The molecule has 0 bridgehead atoms. The first-order valence-electron chi connectivity index (χ1n) is 12.4. The van der Waals surface area contributed by atoms with Crippen molar-refractivity contribution < 1.29 is 41.7 Å². The number of alkyl halides is 3. The molecular weight excluding hydrogens is 567 g/mol. The van der Waals surface area contributed by atoms with Crippen molar-refractivity contribution in [3.8, 4) is 28.7 Å². The number of urea groups is 1. The van der Waals surface area contributed by atoms with E-state index in [1.54, 1.807) is 42.6 Å². The van der Waals surface area contributed by atoms with Gasteiger partial charge in [-0.2, -0.15) is 13.2 Å². The first kappa shape index (κ1) is 26.8. The van der Waals surface area contributed by atoms with Gasteiger partial charge in [0, 0.05) is 23.6 Å². The van der Waals surface area contributed by atoms with Crippen LogP contribution in [0, 0.1) is 0 Å². The summed E-state index contributed by atoms with van der Waals surface area (Å²) in [6, 6.07) is 12.3. The van der Waals surface area contributed by atoms with Gasteiger partial charge in [-0.1, -0.05) is 11.6 Å². The molecule has 1 saturated heterocycles. The SMILES string of the molecule is O=C(Nc1ccc(Oc2ccnc3cc(OC4COC4)c4c(c23)OCCO4)cc1)Nc1ccc(Cl)c(C(F)(F)F)c1. The number of benzene rings is 3. The van der Waals surface area contributed by atoms with E-state index in [1.165, 1.54) is 6.07 Å². The average Bonchev–Trinajstić information content (AvgIpc) is 2.92. The van der Waals surface area contributed by atoms with Crippen LogP contribution in [0.1, 0.15) is 5.56 Å². The van der Waals surface area contributed by atoms with Crippen molar-refractivity contribution in [3.63, 3.8) is 0 Å². The van der Waals surface area contributed by atoms with Crippen LogP contribution in [0.5, 0.6) is 28.7 Å². The molecule has 2 aliphatic rings. The van der Waals surface area contributed by atoms with Crippen molar-refractivity contribution in [1.82, 2.24) is 4.98 Å². The van der Waals surface area contributed by atoms with E-state index < -0.39 is 22.8 Å². The van der Waals surface area contributed by atoms with Crippen LogP contribution in [0.4, 0.5) is 29.3 Å². The van der Waals surface area contributed by atoms with Crippen LogP contribution in [0.25, 0.3) is 10.9 Å². The highest BCUT2D eigenvalue weighted by Gasteiger charge is 2.33. The third-order valence-corrected chi connectivity index (χ3v) is 6.54. The van der Waals surface area contributed by atoms with E-state index >= 15 is 0 Å². The van der Waals surface area contributed by atoms with Gasteiger partial charge in [0.15, 0.2) is 11.5 Å². The number of fused-ring (bicyclic) bond motifs is 3. The van der Waals surface area contributed by atoms with Gasteiger partial charge < -0.3 is 34.3 Å². The molecule has 212 valence electrons. The Kier molecular flexibility index (Phi) is 7.10. The maximum Gasteiger partial charge on any atom is 0.417 e. The van der Waals surface area contributed by atoms with E-state index in [9.17, 15) is 18.0 Å². The van der Waals surface area contributed by atoms with E-state index in [0.717, 1.165) is 12.1 Å². The molecule has 0 unspecified atom stereocenters. The Labute approximate surface area is 236 Å². The number of hydrogen-bond donors (Lipinski definition) is 2. The number of nitrogens with one attached hydrogen (secondary N) is 2. The highest BCUT2D eigenvalue weighted by atomic mass is 35.5. The molecule has 1 aromatic heterocycles. The van der Waals surface area contributed by atoms with Crippen LogP contribution in [-0.2, 0) is 10.9 Å². The van der Waals surface area contributed by atoms with E-state index in [4.69, 9.17) is 35.3 Å². The summed E-state index contributed by atoms with van der Waals surface area (Å²) in [7, 11) is 0. The Morgan fingerprint density at radius 2 is 1.63 bits per heavy atom. The Morgan fingerprint density at radius 3 is 2.34 bits per heavy atom. The summed E-state index contributed by atoms with van der Waals surface area (Å²) in [6.45, 7) is 1.71. The number of carbonyl (C=O) groups excluding carboxylic acids is 1. The number of anilines is 2. The van der Waals surface area contributed by atoms with Crippen molar-refractivity contribution in [2.75, 3.05) is 37.1 Å². The third-order valence-electron chi connectivity index (χ3n) is 6.21. The minimum absolute atomic E-state index is 0.0622. The van der Waals surface area contributed by atoms with Crippen LogP contribution in [0.15, 0.2) is 60.8 Å². The lowest BCUT2D eigenvalue weighted by Gasteiger charge is -2.29. The molecule has 0 spiro atoms. The predicted molar refractivity (Wildman–Crippen MR) is 144 cm³/mol. The quantitative estimate of drug-likeness (QED) is 0.253. The summed E-state index contributed by atoms with van der Waals surface area (Å²) < 4.78 is 68.5. The molecule has 2 aliphatic heterocycles. The number of hydrogen-bond acceptors (Lipinski definition) is 7. The third kappa shape index (κ3) is 5.74. The van der Waals surface area contributed by atoms with Crippen molar-refractivity contribution >= 4 is 39.9 Å². The molecule has 4 aromatic rings. The normalized spacial score (nSPS) is 14.7. The fraction of sp³-hybridized carbons (Fsp3) is 0.214. The summed E-state index contributed by atoms with van der Waals surface area (Å²) in [5.41, 5.74) is -0.131. The summed E-state index contributed by atoms with van der Waals surface area (Å²) in [6.07, 6.45) is -3.12. The van der Waals surface area contributed by atoms with Crippen molar-refractivity contribution in [2.24, 2.45) is 0 Å². The first-order chi connectivity index (χ1) is 19.7. The van der Waals surface area contributed by atoms with Crippen LogP contribution in [-0.4, -0.2) is 43.5 Å². The molecule has 0 atom stereocenters. The largest absolute Gasteiger partial charge is 0.485 e. The van der Waals surface area contributed by atoms with Gasteiger partial charge in [-0.15, -0.1) is 0 Å². The molecule has 2 N–H and O–H groups in total. The highest BCUT2D eigenvalue weighted by molar-refractivity contribution is 6.31. The zero-order valence-electron chi connectivity index (χ0n) is 21.1. The number of halogens is 4. The minimum atomic E-state index is -4.65. The number of aromatic nitrogens is 1. The lowest BCUT2D eigenvalue weighted by atomic mass is 10.1. The predicted octanol–water partition coefficient (Wildman–Crippen LogP) is 6.89. The van der Waals surface area contributed by atoms with Crippen LogP contribution >= 0.6 is 11.6 Å². The lowest BCUT2D eigenvalue weighted by molar-refractivity contribution is -0.137. The van der Waals surface area contributed by atoms with E-state index in [0.29, 0.717) is 71.8 Å². The van der Waals surface area contributed by atoms with Crippen molar-refractivity contribution in [3.05, 3.63) is 71.4 Å². The lowest BCUT2D eigenvalue weighted by Crippen LogP contribution is -2.38. The Hall–Kier alpha value is -4.42. The van der Waals surface area contributed by atoms with E-state index in [-0.39, 0.29) is 11.8 Å². The number of carbonyl (C=O) groups is 1. The molecule has 13 heteroatoms. The molecule has 6 rings (SSSR count). The number of nitrogens with zero attached hydrogens (tertiary/aromatic N) is 1. The number of rotatable bonds is 6. The van der Waals surface area contributed by atoms with Crippen molar-refractivity contribution in [2.45, 2.75) is 12.3 Å². The number of pyridine rings is 1. The number of amides is 2. The van der Waals surface area contributed by atoms with Crippen LogP contribution in [0.3, 0.4) is 0 Å². The fourth-order valence-corrected chi connectivity index (χ4v) is 4.48. The second-order valence-corrected chi connectivity index (χ2v) is 9.52. The first-order valence-corrected chi connectivity index (χ1v) is 12.8. The molecular formula is C28H21ClF3N3O6. The van der Waals surface area contributed by atoms with Gasteiger partial charge in [0.25, 0.3) is 0 Å². The Bertz CT molecular complexity index is 1610. The standard InChI is InChI=1S/C28H21ClF3N3O6/c29-20-6-3-16(11-19(20)28(30,31)32)35-27(36)34-15-1-4-17(5-2-15)40-22-7-8-33-21-12-23(41-18-13-37-14-18)25-26(24(21)22)39-10-9-38-25/h1-8,11-12,18H,9-10,13-14H2,(H2,34,35,36). The molecule has 0 aliphatic carbocycles. The summed E-state index contributed by atoms with van der Waals surface area (Å²) in [5.74, 6) is 2.39. The smallest absolute Gasteiger partial charge is 0.417 e. The van der Waals surface area contributed by atoms with Crippen LogP contribution in [0.2, 0.25) is 5.02 Å². The van der Waals surface area contributed by atoms with Gasteiger partial charge in [-0.25, -0.2) is 4.79 Å².